The first-order valence-corrected chi connectivity index (χ1v) is 9.64. The summed E-state index contributed by atoms with van der Waals surface area (Å²) >= 11 is 0. The van der Waals surface area contributed by atoms with Gasteiger partial charge >= 0.3 is 0 Å². The Labute approximate surface area is 142 Å². The van der Waals surface area contributed by atoms with E-state index in [0.717, 1.165) is 29.1 Å². The lowest BCUT2D eigenvalue weighted by molar-refractivity contribution is -0.121. The number of amides is 1. The average molecular weight is 349 g/mol. The predicted molar refractivity (Wildman–Crippen MR) is 96.2 cm³/mol. The number of aromatic amines is 1. The van der Waals surface area contributed by atoms with Crippen LogP contribution < -0.4 is 5.32 Å². The average Bonchev–Trinajstić information content (AvgIpc) is 2.94. The highest BCUT2D eigenvalue weighted by Gasteiger charge is 2.16. The maximum absolute atomic E-state index is 11.9. The van der Waals surface area contributed by atoms with Crippen LogP contribution in [0.25, 0.3) is 10.9 Å². The fourth-order valence-electron chi connectivity index (χ4n) is 2.53. The molecule has 7 heteroatoms. The van der Waals surface area contributed by atoms with Crippen LogP contribution in [0.4, 0.5) is 0 Å². The number of nitrogens with one attached hydrogen (secondary N) is 2. The first-order valence-electron chi connectivity index (χ1n) is 7.79. The van der Waals surface area contributed by atoms with Crippen LogP contribution in [0.3, 0.4) is 0 Å². The maximum atomic E-state index is 11.9. The molecule has 0 spiro atoms. The van der Waals surface area contributed by atoms with Gasteiger partial charge in [0.05, 0.1) is 6.26 Å². The normalized spacial score (nSPS) is 11.8. The number of nitrogens with zero attached hydrogens (tertiary/aromatic N) is 1. The molecule has 0 atom stereocenters. The first-order chi connectivity index (χ1) is 11.4. The first kappa shape index (κ1) is 18.2. The Morgan fingerprint density at radius 3 is 2.83 bits per heavy atom. The molecule has 2 N–H and O–H groups in total. The Morgan fingerprint density at radius 2 is 2.12 bits per heavy atom. The van der Waals surface area contributed by atoms with Crippen LogP contribution in [0.15, 0.2) is 43.1 Å². The molecule has 6 nitrogen and oxygen atoms in total. The number of H-pyrrole nitrogens is 1. The van der Waals surface area contributed by atoms with Gasteiger partial charge in [-0.05, 0) is 18.1 Å². The van der Waals surface area contributed by atoms with Gasteiger partial charge in [0, 0.05) is 43.2 Å². The van der Waals surface area contributed by atoms with Gasteiger partial charge in [-0.15, -0.1) is 6.58 Å². The minimum Gasteiger partial charge on any atom is -0.361 e. The third-order valence-corrected chi connectivity index (χ3v) is 5.05. The number of carbonyl (C=O) groups is 1. The largest absolute Gasteiger partial charge is 0.361 e. The van der Waals surface area contributed by atoms with Crippen LogP contribution in [0, 0.1) is 0 Å². The molecular formula is C17H23N3O3S. The molecule has 1 amide bonds. The molecule has 0 aliphatic rings. The minimum absolute atomic E-state index is 0.134. The number of sulfonamides is 1. The van der Waals surface area contributed by atoms with Crippen molar-refractivity contribution in [3.63, 3.8) is 0 Å². The second-order valence-electron chi connectivity index (χ2n) is 5.62. The monoisotopic (exact) mass is 349 g/mol. The van der Waals surface area contributed by atoms with E-state index >= 15 is 0 Å². The van der Waals surface area contributed by atoms with E-state index in [1.165, 1.54) is 10.4 Å². The van der Waals surface area contributed by atoms with Gasteiger partial charge in [0.15, 0.2) is 0 Å². The second-order valence-corrected chi connectivity index (χ2v) is 7.60. The van der Waals surface area contributed by atoms with Gasteiger partial charge in [-0.3, -0.25) is 4.79 Å². The Balaban J connectivity index is 1.80. The third kappa shape index (κ3) is 4.94. The van der Waals surface area contributed by atoms with Crippen molar-refractivity contribution in [1.82, 2.24) is 14.6 Å². The number of para-hydroxylation sites is 1. The molecule has 0 bridgehead atoms. The van der Waals surface area contributed by atoms with Crippen LogP contribution >= 0.6 is 0 Å². The number of aromatic nitrogens is 1. The highest BCUT2D eigenvalue weighted by atomic mass is 32.2. The van der Waals surface area contributed by atoms with E-state index in [1.807, 2.05) is 30.5 Å². The van der Waals surface area contributed by atoms with Gasteiger partial charge in [-0.25, -0.2) is 8.42 Å². The van der Waals surface area contributed by atoms with Gasteiger partial charge in [0.2, 0.25) is 15.9 Å². The standard InChI is InChI=1S/C17H23N3O3S/c1-3-11-20(24(2,22)23)12-9-17(21)18-10-8-14-13-19-16-7-5-4-6-15(14)16/h3-7,13,19H,1,8-12H2,2H3,(H,18,21). The molecule has 0 aliphatic carbocycles. The van der Waals surface area contributed by atoms with Crippen molar-refractivity contribution in [1.29, 1.82) is 0 Å². The van der Waals surface area contributed by atoms with E-state index < -0.39 is 10.0 Å². The molecule has 0 unspecified atom stereocenters. The number of carbonyl (C=O) groups excluding carboxylic acids is 1. The van der Waals surface area contributed by atoms with E-state index in [0.29, 0.717) is 6.54 Å². The molecule has 0 saturated carbocycles. The van der Waals surface area contributed by atoms with Crippen molar-refractivity contribution >= 4 is 26.8 Å². The van der Waals surface area contributed by atoms with Gasteiger partial charge in [-0.1, -0.05) is 24.3 Å². The highest BCUT2D eigenvalue weighted by Crippen LogP contribution is 2.17. The molecule has 0 saturated heterocycles. The fourth-order valence-corrected chi connectivity index (χ4v) is 3.33. The molecule has 1 aromatic heterocycles. The lowest BCUT2D eigenvalue weighted by Crippen LogP contribution is -2.35. The number of hydrogen-bond donors (Lipinski definition) is 2. The summed E-state index contributed by atoms with van der Waals surface area (Å²) in [6, 6.07) is 8.01. The smallest absolute Gasteiger partial charge is 0.221 e. The zero-order valence-electron chi connectivity index (χ0n) is 13.8. The zero-order valence-corrected chi connectivity index (χ0v) is 14.6. The quantitative estimate of drug-likeness (QED) is 0.676. The van der Waals surface area contributed by atoms with Crippen LogP contribution in [0.1, 0.15) is 12.0 Å². The summed E-state index contributed by atoms with van der Waals surface area (Å²) in [6.07, 6.45) is 5.45. The predicted octanol–water partition coefficient (Wildman–Crippen LogP) is 1.66. The van der Waals surface area contributed by atoms with E-state index in [-0.39, 0.29) is 25.4 Å². The maximum Gasteiger partial charge on any atom is 0.221 e. The molecular weight excluding hydrogens is 326 g/mol. The minimum atomic E-state index is -3.33. The Morgan fingerprint density at radius 1 is 1.38 bits per heavy atom. The van der Waals surface area contributed by atoms with Crippen molar-refractivity contribution in [2.75, 3.05) is 25.9 Å². The summed E-state index contributed by atoms with van der Waals surface area (Å²) in [5.74, 6) is -0.160. The molecule has 1 heterocycles. The van der Waals surface area contributed by atoms with E-state index in [9.17, 15) is 13.2 Å². The van der Waals surface area contributed by atoms with E-state index in [1.54, 1.807) is 0 Å². The van der Waals surface area contributed by atoms with Crippen LogP contribution in [0.2, 0.25) is 0 Å². The SMILES string of the molecule is C=CCN(CCC(=O)NCCc1c[nH]c2ccccc12)S(C)(=O)=O. The summed E-state index contributed by atoms with van der Waals surface area (Å²) in [5.41, 5.74) is 2.22. The lowest BCUT2D eigenvalue weighted by Gasteiger charge is -2.17. The van der Waals surface area contributed by atoms with Crippen molar-refractivity contribution < 1.29 is 13.2 Å². The zero-order chi connectivity index (χ0) is 17.6. The molecule has 2 aromatic rings. The number of hydrogen-bond acceptors (Lipinski definition) is 3. The van der Waals surface area contributed by atoms with Gasteiger partial charge in [-0.2, -0.15) is 4.31 Å². The van der Waals surface area contributed by atoms with E-state index in [2.05, 4.69) is 16.9 Å². The molecule has 2 rings (SSSR count). The molecule has 0 fully saturated rings. The van der Waals surface area contributed by atoms with Gasteiger partial charge in [0.25, 0.3) is 0 Å². The molecule has 0 aliphatic heterocycles. The summed E-state index contributed by atoms with van der Waals surface area (Å²) in [7, 11) is -3.33. The van der Waals surface area contributed by atoms with Crippen LogP contribution in [-0.4, -0.2) is 49.5 Å². The Kier molecular flexibility index (Phi) is 6.16. The van der Waals surface area contributed by atoms with Gasteiger partial charge in [0.1, 0.15) is 0 Å². The van der Waals surface area contributed by atoms with Crippen LogP contribution in [0.5, 0.6) is 0 Å². The van der Waals surface area contributed by atoms with Crippen LogP contribution in [-0.2, 0) is 21.2 Å². The van der Waals surface area contributed by atoms with Crippen molar-refractivity contribution in [2.45, 2.75) is 12.8 Å². The highest BCUT2D eigenvalue weighted by molar-refractivity contribution is 7.88. The van der Waals surface area contributed by atoms with Crippen molar-refractivity contribution in [3.05, 3.63) is 48.7 Å². The lowest BCUT2D eigenvalue weighted by atomic mass is 10.1. The number of fused-ring (bicyclic) bond motifs is 1. The second kappa shape index (κ2) is 8.12. The number of benzene rings is 1. The van der Waals surface area contributed by atoms with E-state index in [4.69, 9.17) is 0 Å². The van der Waals surface area contributed by atoms with Crippen molar-refractivity contribution in [2.24, 2.45) is 0 Å². The topological polar surface area (TPSA) is 82.3 Å². The summed E-state index contributed by atoms with van der Waals surface area (Å²) in [4.78, 5) is 15.1. The van der Waals surface area contributed by atoms with Gasteiger partial charge < -0.3 is 10.3 Å². The van der Waals surface area contributed by atoms with Crippen molar-refractivity contribution in [3.8, 4) is 0 Å². The molecule has 130 valence electrons. The summed E-state index contributed by atoms with van der Waals surface area (Å²) in [5, 5.41) is 3.99. The number of rotatable bonds is 9. The Bertz CT molecular complexity index is 811. The third-order valence-electron chi connectivity index (χ3n) is 3.78. The molecule has 24 heavy (non-hydrogen) atoms. The summed E-state index contributed by atoms with van der Waals surface area (Å²) < 4.78 is 24.4. The molecule has 0 radical (unpaired) electrons. The summed E-state index contributed by atoms with van der Waals surface area (Å²) in [6.45, 7) is 4.42. The fraction of sp³-hybridized carbons (Fsp3) is 0.353. The molecule has 1 aromatic carbocycles. The Hall–Kier alpha value is -2.12.